The number of rotatable bonds is 5. The Bertz CT molecular complexity index is 1790. The first-order valence-corrected chi connectivity index (χ1v) is 13.4. The predicted octanol–water partition coefficient (Wildman–Crippen LogP) is 5.00. The summed E-state index contributed by atoms with van der Waals surface area (Å²) >= 11 is 8.09. The molecular formula is C30H25ClN2O4S. The van der Waals surface area contributed by atoms with Crippen LogP contribution in [0.5, 0.6) is 17.2 Å². The second kappa shape index (κ2) is 9.82. The van der Waals surface area contributed by atoms with Gasteiger partial charge in [0, 0.05) is 22.2 Å². The zero-order valence-electron chi connectivity index (χ0n) is 21.2. The van der Waals surface area contributed by atoms with Crippen LogP contribution in [0.2, 0.25) is 5.02 Å². The zero-order valence-corrected chi connectivity index (χ0v) is 22.7. The summed E-state index contributed by atoms with van der Waals surface area (Å²) in [5.41, 5.74) is 5.91. The Morgan fingerprint density at radius 3 is 2.42 bits per heavy atom. The van der Waals surface area contributed by atoms with Crippen LogP contribution in [0.15, 0.2) is 76.0 Å². The molecule has 0 spiro atoms. The molecule has 6 rings (SSSR count). The molecule has 1 aliphatic heterocycles. The number of aryl methyl sites for hydroxylation is 1. The van der Waals surface area contributed by atoms with Gasteiger partial charge in [0.1, 0.15) is 5.75 Å². The van der Waals surface area contributed by atoms with Crippen molar-refractivity contribution in [2.45, 2.75) is 18.9 Å². The fourth-order valence-electron chi connectivity index (χ4n) is 5.30. The van der Waals surface area contributed by atoms with Crippen LogP contribution in [0.1, 0.15) is 34.7 Å². The molecule has 0 radical (unpaired) electrons. The lowest BCUT2D eigenvalue weighted by Crippen LogP contribution is -2.38. The van der Waals surface area contributed by atoms with Crippen molar-refractivity contribution in [2.75, 3.05) is 21.3 Å². The van der Waals surface area contributed by atoms with Gasteiger partial charge >= 0.3 is 0 Å². The van der Waals surface area contributed by atoms with E-state index >= 15 is 0 Å². The number of ether oxygens (including phenoxy) is 3. The monoisotopic (exact) mass is 544 g/mol. The predicted molar refractivity (Wildman–Crippen MR) is 150 cm³/mol. The van der Waals surface area contributed by atoms with Gasteiger partial charge in [0.15, 0.2) is 16.3 Å². The van der Waals surface area contributed by atoms with Crippen LogP contribution < -0.4 is 29.1 Å². The molecule has 2 heterocycles. The number of aromatic nitrogens is 1. The minimum absolute atomic E-state index is 0.124. The topological polar surface area (TPSA) is 62.1 Å². The van der Waals surface area contributed by atoms with E-state index in [-0.39, 0.29) is 11.6 Å². The van der Waals surface area contributed by atoms with Gasteiger partial charge in [-0.15, -0.1) is 0 Å². The van der Waals surface area contributed by atoms with Crippen molar-refractivity contribution < 1.29 is 14.2 Å². The number of halogens is 1. The van der Waals surface area contributed by atoms with Gasteiger partial charge in [0.2, 0.25) is 0 Å². The van der Waals surface area contributed by atoms with Gasteiger partial charge in [-0.25, -0.2) is 4.99 Å². The van der Waals surface area contributed by atoms with E-state index in [1.54, 1.807) is 32.0 Å². The summed E-state index contributed by atoms with van der Waals surface area (Å²) in [6.07, 6.45) is 3.52. The molecule has 0 saturated heterocycles. The smallest absolute Gasteiger partial charge is 0.271 e. The van der Waals surface area contributed by atoms with Crippen LogP contribution in [0.25, 0.3) is 11.8 Å². The summed E-state index contributed by atoms with van der Waals surface area (Å²) in [5.74, 6) is 1.67. The van der Waals surface area contributed by atoms with Crippen LogP contribution in [0.3, 0.4) is 0 Å². The van der Waals surface area contributed by atoms with E-state index in [0.29, 0.717) is 37.2 Å². The van der Waals surface area contributed by atoms with E-state index in [4.69, 9.17) is 30.8 Å². The molecule has 0 N–H and O–H groups in total. The molecule has 0 unspecified atom stereocenters. The van der Waals surface area contributed by atoms with Gasteiger partial charge in [-0.05, 0) is 47.8 Å². The Kier molecular flexibility index (Phi) is 6.33. The standard InChI is InChI=1S/C30H25ClN2O4S/c1-35-23-16-25(37-3)24(36-2)14-18(23)15-26-29(34)33-28(20-10-6-7-11-22(20)31)21-13-12-17-8-4-5-9-19(17)27(21)32-30(33)38-26/h4-11,14-16,28H,12-13H2,1-3H3/t28-/m0/s1. The fourth-order valence-corrected chi connectivity index (χ4v) is 6.53. The SMILES string of the molecule is COc1cc(OC)c(OC)cc1C=c1sc2n(c1=O)[C@@H](c1ccccc1Cl)C1=C(N=2)c2ccccc2CC1. The summed E-state index contributed by atoms with van der Waals surface area (Å²) < 4.78 is 18.8. The molecule has 8 heteroatoms. The quantitative estimate of drug-likeness (QED) is 0.355. The van der Waals surface area contributed by atoms with E-state index in [1.165, 1.54) is 16.9 Å². The molecule has 2 aliphatic rings. The number of hydrogen-bond donors (Lipinski definition) is 0. The maximum atomic E-state index is 14.0. The highest BCUT2D eigenvalue weighted by Gasteiger charge is 2.33. The molecule has 4 aromatic rings. The van der Waals surface area contributed by atoms with Crippen LogP contribution >= 0.6 is 22.9 Å². The van der Waals surface area contributed by atoms with Crippen molar-refractivity contribution in [2.24, 2.45) is 4.99 Å². The third-order valence-corrected chi connectivity index (χ3v) is 8.42. The maximum Gasteiger partial charge on any atom is 0.271 e. The Labute approximate surface area is 228 Å². The third kappa shape index (κ3) is 3.94. The number of methoxy groups -OCH3 is 3. The molecule has 0 saturated carbocycles. The van der Waals surface area contributed by atoms with Gasteiger partial charge in [-0.3, -0.25) is 9.36 Å². The zero-order chi connectivity index (χ0) is 26.4. The van der Waals surface area contributed by atoms with Crippen molar-refractivity contribution in [1.82, 2.24) is 4.57 Å². The molecule has 38 heavy (non-hydrogen) atoms. The molecule has 0 bridgehead atoms. The Morgan fingerprint density at radius 1 is 0.947 bits per heavy atom. The molecule has 3 aromatic carbocycles. The van der Waals surface area contributed by atoms with Gasteiger partial charge < -0.3 is 14.2 Å². The number of fused-ring (bicyclic) bond motifs is 3. The number of thiazole rings is 1. The Hall–Kier alpha value is -3.81. The van der Waals surface area contributed by atoms with Crippen molar-refractivity contribution in [3.8, 4) is 17.2 Å². The van der Waals surface area contributed by atoms with Gasteiger partial charge in [0.25, 0.3) is 5.56 Å². The van der Waals surface area contributed by atoms with Crippen molar-refractivity contribution in [3.63, 3.8) is 0 Å². The Morgan fingerprint density at radius 2 is 1.66 bits per heavy atom. The van der Waals surface area contributed by atoms with Crippen LogP contribution in [-0.2, 0) is 6.42 Å². The first kappa shape index (κ1) is 24.5. The molecule has 1 atom stereocenters. The van der Waals surface area contributed by atoms with E-state index in [9.17, 15) is 4.79 Å². The fraction of sp³-hybridized carbons (Fsp3) is 0.200. The van der Waals surface area contributed by atoms with E-state index < -0.39 is 0 Å². The van der Waals surface area contributed by atoms with Crippen molar-refractivity contribution >= 4 is 34.7 Å². The van der Waals surface area contributed by atoms with Crippen LogP contribution in [-0.4, -0.2) is 25.9 Å². The average Bonchev–Trinajstić information content (AvgIpc) is 3.26. The van der Waals surface area contributed by atoms with Crippen molar-refractivity contribution in [1.29, 1.82) is 0 Å². The third-order valence-electron chi connectivity index (χ3n) is 7.10. The van der Waals surface area contributed by atoms with Crippen LogP contribution in [0.4, 0.5) is 0 Å². The number of nitrogens with zero attached hydrogens (tertiary/aromatic N) is 2. The van der Waals surface area contributed by atoms with E-state index in [1.807, 2.05) is 42.5 Å². The minimum atomic E-state index is -0.335. The van der Waals surface area contributed by atoms with Gasteiger partial charge in [-0.1, -0.05) is 65.4 Å². The summed E-state index contributed by atoms with van der Waals surface area (Å²) in [5, 5.41) is 0.626. The lowest BCUT2D eigenvalue weighted by molar-refractivity contribution is 0.348. The average molecular weight is 545 g/mol. The Balaban J connectivity index is 1.62. The lowest BCUT2D eigenvalue weighted by Gasteiger charge is -2.31. The molecule has 192 valence electrons. The number of allylic oxidation sites excluding steroid dienone is 1. The maximum absolute atomic E-state index is 14.0. The summed E-state index contributed by atoms with van der Waals surface area (Å²) in [7, 11) is 4.74. The number of hydrogen-bond acceptors (Lipinski definition) is 6. The molecule has 1 aromatic heterocycles. The van der Waals surface area contributed by atoms with Gasteiger partial charge in [0.05, 0.1) is 37.6 Å². The molecule has 0 amide bonds. The summed E-state index contributed by atoms with van der Waals surface area (Å²) in [6, 6.07) is 19.3. The van der Waals surface area contributed by atoms with E-state index in [0.717, 1.165) is 35.2 Å². The highest BCUT2D eigenvalue weighted by Crippen LogP contribution is 2.42. The van der Waals surface area contributed by atoms with E-state index in [2.05, 4.69) is 18.2 Å². The minimum Gasteiger partial charge on any atom is -0.496 e. The first-order valence-electron chi connectivity index (χ1n) is 12.2. The number of benzene rings is 3. The highest BCUT2D eigenvalue weighted by atomic mass is 35.5. The normalized spacial score (nSPS) is 16.3. The largest absolute Gasteiger partial charge is 0.496 e. The molecule has 6 nitrogen and oxygen atoms in total. The molecule has 1 aliphatic carbocycles. The summed E-state index contributed by atoms with van der Waals surface area (Å²) in [4.78, 5) is 19.7. The lowest BCUT2D eigenvalue weighted by atomic mass is 9.83. The highest BCUT2D eigenvalue weighted by molar-refractivity contribution is 7.07. The summed E-state index contributed by atoms with van der Waals surface area (Å²) in [6.45, 7) is 0. The molecular weight excluding hydrogens is 520 g/mol. The van der Waals surface area contributed by atoms with Gasteiger partial charge in [-0.2, -0.15) is 0 Å². The first-order chi connectivity index (χ1) is 18.5. The molecule has 0 fully saturated rings. The van der Waals surface area contributed by atoms with Crippen LogP contribution in [0, 0.1) is 0 Å². The second-order valence-electron chi connectivity index (χ2n) is 9.08. The second-order valence-corrected chi connectivity index (χ2v) is 10.5. The van der Waals surface area contributed by atoms with Crippen molar-refractivity contribution in [3.05, 3.63) is 113 Å².